The largest absolute Gasteiger partial charge is 0.265 e. The zero-order valence-electron chi connectivity index (χ0n) is 12.9. The van der Waals surface area contributed by atoms with Gasteiger partial charge in [-0.25, -0.2) is 0 Å². The third-order valence-corrected chi connectivity index (χ3v) is 9.08. The van der Waals surface area contributed by atoms with Crippen LogP contribution in [0.5, 0.6) is 0 Å². The summed E-state index contributed by atoms with van der Waals surface area (Å²) < 4.78 is 6.47. The fourth-order valence-corrected chi connectivity index (χ4v) is 5.48. The van der Waals surface area contributed by atoms with E-state index >= 15 is 0 Å². The van der Waals surface area contributed by atoms with Crippen LogP contribution in [0.3, 0.4) is 0 Å². The van der Waals surface area contributed by atoms with Gasteiger partial charge in [0, 0.05) is 11.9 Å². The van der Waals surface area contributed by atoms with Crippen molar-refractivity contribution in [2.75, 3.05) is 28.2 Å². The number of fused-ring (bicyclic) bond motifs is 1. The van der Waals surface area contributed by atoms with Crippen LogP contribution in [0.15, 0.2) is 24.3 Å². The van der Waals surface area contributed by atoms with Crippen LogP contribution >= 0.6 is 6.34 Å². The minimum atomic E-state index is -1.98. The molecule has 0 spiro atoms. The smallest absolute Gasteiger partial charge is 0.124 e. The molecule has 2 aromatic rings. The van der Waals surface area contributed by atoms with Crippen LogP contribution in [0.25, 0.3) is 10.9 Å². The molecule has 4 nitrogen and oxygen atoms in total. The minimum absolute atomic E-state index is 0.907. The van der Waals surface area contributed by atoms with Gasteiger partial charge in [0.2, 0.25) is 0 Å². The van der Waals surface area contributed by atoms with Crippen molar-refractivity contribution in [3.63, 3.8) is 0 Å². The van der Waals surface area contributed by atoms with Crippen molar-refractivity contribution in [1.82, 2.24) is 19.1 Å². The fraction of sp³-hybridized carbons (Fsp3) is 0.500. The van der Waals surface area contributed by atoms with Gasteiger partial charge in [-0.1, -0.05) is 36.9 Å². The van der Waals surface area contributed by atoms with Gasteiger partial charge >= 0.3 is 0 Å². The molecule has 0 bridgehead atoms. The summed E-state index contributed by atoms with van der Waals surface area (Å²) >= 11 is 6.10. The molecule has 6 heteroatoms. The standard InChI is InChI=1S/C14H23N4PS/c1-6-11-18-14(19(20,16(2)3)17(4)5)12-9-7-8-10-13(12)15-18/h7-10H,6,11H2,1-5H3. The van der Waals surface area contributed by atoms with Gasteiger partial charge in [0.25, 0.3) is 0 Å². The van der Waals surface area contributed by atoms with Gasteiger partial charge in [0.15, 0.2) is 0 Å². The summed E-state index contributed by atoms with van der Waals surface area (Å²) in [7, 11) is 8.27. The van der Waals surface area contributed by atoms with Gasteiger partial charge in [-0.15, -0.1) is 0 Å². The lowest BCUT2D eigenvalue weighted by atomic mass is 10.3. The van der Waals surface area contributed by atoms with Gasteiger partial charge in [0.05, 0.1) is 5.52 Å². The number of rotatable bonds is 5. The molecule has 0 atom stereocenters. The third kappa shape index (κ3) is 2.44. The van der Waals surface area contributed by atoms with E-state index in [4.69, 9.17) is 16.9 Å². The Morgan fingerprint density at radius 1 is 1.15 bits per heavy atom. The summed E-state index contributed by atoms with van der Waals surface area (Å²) in [5.41, 5.74) is 2.23. The Morgan fingerprint density at radius 3 is 2.30 bits per heavy atom. The second kappa shape index (κ2) is 5.94. The summed E-state index contributed by atoms with van der Waals surface area (Å²) in [5, 5.41) is 5.94. The fourth-order valence-electron chi connectivity index (χ4n) is 2.48. The molecule has 20 heavy (non-hydrogen) atoms. The first-order chi connectivity index (χ1) is 9.42. The Labute approximate surface area is 126 Å². The van der Waals surface area contributed by atoms with Crippen molar-refractivity contribution in [1.29, 1.82) is 0 Å². The molecule has 0 fully saturated rings. The van der Waals surface area contributed by atoms with Crippen LogP contribution in [0.2, 0.25) is 0 Å². The number of aryl methyl sites for hydroxylation is 1. The van der Waals surface area contributed by atoms with E-state index in [2.05, 4.69) is 67.3 Å². The SMILES string of the molecule is CCCn1nc2ccccc2c1P(=S)(N(C)C)N(C)C. The molecule has 0 radical (unpaired) electrons. The summed E-state index contributed by atoms with van der Waals surface area (Å²) in [6.07, 6.45) is -0.927. The first kappa shape index (κ1) is 15.6. The summed E-state index contributed by atoms with van der Waals surface area (Å²) in [6.45, 7) is 3.08. The zero-order valence-corrected chi connectivity index (χ0v) is 14.6. The molecule has 1 heterocycles. The van der Waals surface area contributed by atoms with E-state index in [0.717, 1.165) is 18.5 Å². The molecule has 1 aromatic heterocycles. The summed E-state index contributed by atoms with van der Waals surface area (Å²) in [4.78, 5) is 0. The molecule has 0 saturated carbocycles. The van der Waals surface area contributed by atoms with E-state index < -0.39 is 6.34 Å². The lowest BCUT2D eigenvalue weighted by Crippen LogP contribution is -2.33. The van der Waals surface area contributed by atoms with E-state index in [1.807, 2.05) is 6.07 Å². The predicted octanol–water partition coefficient (Wildman–Crippen LogP) is 2.50. The maximum Gasteiger partial charge on any atom is 0.124 e. The van der Waals surface area contributed by atoms with E-state index in [1.165, 1.54) is 10.8 Å². The molecule has 2 rings (SSSR count). The molecular formula is C14H23N4PS. The van der Waals surface area contributed by atoms with Crippen molar-refractivity contribution < 1.29 is 0 Å². The second-order valence-corrected chi connectivity index (χ2v) is 9.94. The van der Waals surface area contributed by atoms with Crippen LogP contribution in [0.4, 0.5) is 0 Å². The van der Waals surface area contributed by atoms with Crippen molar-refractivity contribution in [3.05, 3.63) is 24.3 Å². The molecule has 0 N–H and O–H groups in total. The lowest BCUT2D eigenvalue weighted by molar-refractivity contribution is 0.568. The van der Waals surface area contributed by atoms with Gasteiger partial charge in [-0.3, -0.25) is 14.0 Å². The Hall–Kier alpha value is -0.740. The molecule has 1 aromatic carbocycles. The molecule has 0 amide bonds. The first-order valence-electron chi connectivity index (χ1n) is 6.84. The highest BCUT2D eigenvalue weighted by Gasteiger charge is 2.31. The number of benzene rings is 1. The number of hydrogen-bond acceptors (Lipinski definition) is 2. The van der Waals surface area contributed by atoms with Crippen molar-refractivity contribution >= 4 is 34.5 Å². The second-order valence-electron chi connectivity index (χ2n) is 5.30. The lowest BCUT2D eigenvalue weighted by Gasteiger charge is -2.35. The summed E-state index contributed by atoms with van der Waals surface area (Å²) in [6, 6.07) is 8.30. The van der Waals surface area contributed by atoms with Crippen molar-refractivity contribution in [2.45, 2.75) is 19.9 Å². The first-order valence-corrected chi connectivity index (χ1v) is 9.55. The van der Waals surface area contributed by atoms with Gasteiger partial charge in [0.1, 0.15) is 11.8 Å². The van der Waals surface area contributed by atoms with Crippen LogP contribution in [-0.4, -0.2) is 47.3 Å². The molecule has 110 valence electrons. The molecule has 0 aliphatic rings. The highest BCUT2D eigenvalue weighted by Crippen LogP contribution is 2.50. The molecule has 0 aliphatic carbocycles. The normalized spacial score (nSPS) is 12.8. The number of hydrogen-bond donors (Lipinski definition) is 0. The van der Waals surface area contributed by atoms with Crippen LogP contribution in [-0.2, 0) is 18.4 Å². The van der Waals surface area contributed by atoms with Gasteiger partial charge in [-0.05, 0) is 40.7 Å². The Kier molecular flexibility index (Phi) is 4.65. The number of nitrogens with zero attached hydrogens (tertiary/aromatic N) is 4. The van der Waals surface area contributed by atoms with Crippen LogP contribution < -0.4 is 5.44 Å². The Bertz CT molecular complexity index is 636. The maximum atomic E-state index is 6.10. The molecule has 0 unspecified atom stereocenters. The van der Waals surface area contributed by atoms with E-state index in [1.54, 1.807) is 0 Å². The Balaban J connectivity index is 2.79. The third-order valence-electron chi connectivity index (χ3n) is 3.41. The average molecular weight is 310 g/mol. The summed E-state index contributed by atoms with van der Waals surface area (Å²) in [5.74, 6) is 0. The van der Waals surface area contributed by atoms with E-state index in [0.29, 0.717) is 0 Å². The average Bonchev–Trinajstić information content (AvgIpc) is 2.76. The minimum Gasteiger partial charge on any atom is -0.265 e. The predicted molar refractivity (Wildman–Crippen MR) is 91.3 cm³/mol. The van der Waals surface area contributed by atoms with Gasteiger partial charge < -0.3 is 0 Å². The Morgan fingerprint density at radius 2 is 1.75 bits per heavy atom. The van der Waals surface area contributed by atoms with Gasteiger partial charge in [-0.2, -0.15) is 5.10 Å². The quantitative estimate of drug-likeness (QED) is 0.792. The monoisotopic (exact) mass is 310 g/mol. The highest BCUT2D eigenvalue weighted by molar-refractivity contribution is 8.15. The zero-order chi connectivity index (χ0) is 14.9. The topological polar surface area (TPSA) is 24.3 Å². The maximum absolute atomic E-state index is 6.10. The van der Waals surface area contributed by atoms with Crippen LogP contribution in [0, 0.1) is 0 Å². The number of aromatic nitrogens is 2. The molecular weight excluding hydrogens is 287 g/mol. The van der Waals surface area contributed by atoms with E-state index in [-0.39, 0.29) is 0 Å². The highest BCUT2D eigenvalue weighted by atomic mass is 32.4. The van der Waals surface area contributed by atoms with Crippen molar-refractivity contribution in [3.8, 4) is 0 Å². The van der Waals surface area contributed by atoms with E-state index in [9.17, 15) is 0 Å². The van der Waals surface area contributed by atoms with Crippen molar-refractivity contribution in [2.24, 2.45) is 0 Å². The van der Waals surface area contributed by atoms with Crippen LogP contribution in [0.1, 0.15) is 13.3 Å². The molecule has 0 aliphatic heterocycles. The molecule has 0 saturated heterocycles.